The van der Waals surface area contributed by atoms with Gasteiger partial charge in [0.1, 0.15) is 0 Å². The maximum absolute atomic E-state index is 6.39. The van der Waals surface area contributed by atoms with Crippen molar-refractivity contribution in [2.24, 2.45) is 5.73 Å². The van der Waals surface area contributed by atoms with Crippen LogP contribution < -0.4 is 5.73 Å². The van der Waals surface area contributed by atoms with Crippen molar-refractivity contribution in [2.75, 3.05) is 0 Å². The molecule has 3 rings (SSSR count). The van der Waals surface area contributed by atoms with Crippen molar-refractivity contribution < 1.29 is 0 Å². The van der Waals surface area contributed by atoms with E-state index in [9.17, 15) is 0 Å². The van der Waals surface area contributed by atoms with Gasteiger partial charge in [-0.3, -0.25) is 4.98 Å². The van der Waals surface area contributed by atoms with Crippen molar-refractivity contribution in [3.8, 4) is 0 Å². The number of hydrogen-bond donors (Lipinski definition) is 1. The molecule has 3 heteroatoms. The molecule has 0 spiro atoms. The van der Waals surface area contributed by atoms with E-state index in [-0.39, 0.29) is 6.04 Å². The van der Waals surface area contributed by atoms with Crippen LogP contribution in [0.1, 0.15) is 22.0 Å². The number of nitrogens with zero attached hydrogens (tertiary/aromatic N) is 1. The predicted octanol–water partition coefficient (Wildman–Crippen LogP) is 3.65. The Labute approximate surface area is 110 Å². The van der Waals surface area contributed by atoms with Crippen LogP contribution in [0.15, 0.2) is 48.0 Å². The molecule has 2 N–H and O–H groups in total. The summed E-state index contributed by atoms with van der Waals surface area (Å²) in [5.74, 6) is 0. The first-order chi connectivity index (χ1) is 8.77. The smallest absolute Gasteiger partial charge is 0.0753 e. The van der Waals surface area contributed by atoms with Gasteiger partial charge in [0.05, 0.1) is 11.6 Å². The largest absolute Gasteiger partial charge is 0.320 e. The van der Waals surface area contributed by atoms with Crippen LogP contribution >= 0.6 is 11.3 Å². The fraction of sp³-hybridized carbons (Fsp3) is 0.133. The van der Waals surface area contributed by atoms with Crippen LogP contribution in [0, 0.1) is 6.92 Å². The number of nitrogens with two attached hydrogens (primary N) is 1. The summed E-state index contributed by atoms with van der Waals surface area (Å²) in [6.45, 7) is 2.11. The second-order valence-electron chi connectivity index (χ2n) is 4.33. The summed E-state index contributed by atoms with van der Waals surface area (Å²) < 4.78 is 0. The molecule has 0 aliphatic rings. The third-order valence-corrected chi connectivity index (χ3v) is 4.09. The van der Waals surface area contributed by atoms with Gasteiger partial charge in [-0.1, -0.05) is 24.3 Å². The average molecular weight is 254 g/mol. The molecule has 1 unspecified atom stereocenters. The van der Waals surface area contributed by atoms with Crippen molar-refractivity contribution >= 4 is 22.2 Å². The lowest BCUT2D eigenvalue weighted by molar-refractivity contribution is 0.875. The van der Waals surface area contributed by atoms with E-state index < -0.39 is 0 Å². The Balaban J connectivity index is 2.18. The highest BCUT2D eigenvalue weighted by Crippen LogP contribution is 2.29. The molecule has 18 heavy (non-hydrogen) atoms. The van der Waals surface area contributed by atoms with Gasteiger partial charge in [0, 0.05) is 16.5 Å². The summed E-state index contributed by atoms with van der Waals surface area (Å²) in [5, 5.41) is 3.22. The van der Waals surface area contributed by atoms with Gasteiger partial charge in [0.15, 0.2) is 0 Å². The van der Waals surface area contributed by atoms with Crippen LogP contribution in [0.4, 0.5) is 0 Å². The second kappa shape index (κ2) is 4.52. The summed E-state index contributed by atoms with van der Waals surface area (Å²) >= 11 is 1.73. The fourth-order valence-electron chi connectivity index (χ4n) is 2.26. The van der Waals surface area contributed by atoms with Gasteiger partial charge in [0.25, 0.3) is 0 Å². The van der Waals surface area contributed by atoms with Gasteiger partial charge < -0.3 is 5.73 Å². The number of pyridine rings is 1. The molecule has 0 radical (unpaired) electrons. The lowest BCUT2D eigenvalue weighted by Crippen LogP contribution is -2.12. The van der Waals surface area contributed by atoms with E-state index in [2.05, 4.69) is 41.6 Å². The summed E-state index contributed by atoms with van der Waals surface area (Å²) in [7, 11) is 0. The van der Waals surface area contributed by atoms with Gasteiger partial charge >= 0.3 is 0 Å². The maximum Gasteiger partial charge on any atom is 0.0753 e. The molecule has 2 nitrogen and oxygen atoms in total. The van der Waals surface area contributed by atoms with E-state index in [0.29, 0.717) is 0 Å². The maximum atomic E-state index is 6.39. The molecule has 90 valence electrons. The lowest BCUT2D eigenvalue weighted by Gasteiger charge is -2.14. The number of benzene rings is 1. The van der Waals surface area contributed by atoms with Crippen molar-refractivity contribution in [3.63, 3.8) is 0 Å². The first kappa shape index (κ1) is 11.4. The molecular weight excluding hydrogens is 240 g/mol. The Hall–Kier alpha value is -1.71. The number of para-hydroxylation sites is 1. The Morgan fingerprint density at radius 1 is 1.11 bits per heavy atom. The summed E-state index contributed by atoms with van der Waals surface area (Å²) in [6, 6.07) is 12.2. The van der Waals surface area contributed by atoms with E-state index in [1.807, 2.05) is 18.3 Å². The Bertz CT molecular complexity index is 682. The Morgan fingerprint density at radius 3 is 2.72 bits per heavy atom. The van der Waals surface area contributed by atoms with Crippen molar-refractivity contribution in [2.45, 2.75) is 13.0 Å². The molecular formula is C15H14N2S. The van der Waals surface area contributed by atoms with Crippen LogP contribution in [-0.2, 0) is 0 Å². The number of rotatable bonds is 2. The van der Waals surface area contributed by atoms with Gasteiger partial charge in [-0.2, -0.15) is 0 Å². The van der Waals surface area contributed by atoms with Crippen LogP contribution in [0.5, 0.6) is 0 Å². The number of thiophene rings is 1. The zero-order valence-corrected chi connectivity index (χ0v) is 10.9. The summed E-state index contributed by atoms with van der Waals surface area (Å²) in [5.41, 5.74) is 9.68. The summed E-state index contributed by atoms with van der Waals surface area (Å²) in [4.78, 5) is 5.74. The zero-order chi connectivity index (χ0) is 12.5. The normalized spacial score (nSPS) is 12.8. The van der Waals surface area contributed by atoms with Crippen LogP contribution in [0.25, 0.3) is 10.9 Å². The first-order valence-electron chi connectivity index (χ1n) is 5.90. The molecule has 2 heterocycles. The molecule has 1 aromatic carbocycles. The molecule has 0 saturated carbocycles. The molecule has 0 amide bonds. The lowest BCUT2D eigenvalue weighted by atomic mass is 9.98. The van der Waals surface area contributed by atoms with Crippen LogP contribution in [0.3, 0.4) is 0 Å². The van der Waals surface area contributed by atoms with Gasteiger partial charge in [-0.25, -0.2) is 0 Å². The molecule has 0 bridgehead atoms. The number of aryl methyl sites for hydroxylation is 1. The molecule has 0 aliphatic carbocycles. The minimum Gasteiger partial charge on any atom is -0.320 e. The van der Waals surface area contributed by atoms with E-state index in [0.717, 1.165) is 16.5 Å². The molecule has 1 atom stereocenters. The van der Waals surface area contributed by atoms with Crippen molar-refractivity contribution in [1.82, 2.24) is 4.98 Å². The minimum absolute atomic E-state index is 0.102. The molecule has 3 aromatic rings. The van der Waals surface area contributed by atoms with Gasteiger partial charge in [-0.05, 0) is 35.6 Å². The highest BCUT2D eigenvalue weighted by Gasteiger charge is 2.15. The third kappa shape index (κ3) is 1.82. The predicted molar refractivity (Wildman–Crippen MR) is 76.8 cm³/mol. The highest BCUT2D eigenvalue weighted by atomic mass is 32.1. The fourth-order valence-corrected chi connectivity index (χ4v) is 3.01. The van der Waals surface area contributed by atoms with E-state index in [1.165, 1.54) is 10.4 Å². The molecule has 0 fully saturated rings. The SMILES string of the molecule is Cc1sccc1C(N)c1cccc2cccnc12. The first-order valence-corrected chi connectivity index (χ1v) is 6.78. The number of fused-ring (bicyclic) bond motifs is 1. The van der Waals surface area contributed by atoms with Gasteiger partial charge in [-0.15, -0.1) is 11.3 Å². The second-order valence-corrected chi connectivity index (χ2v) is 5.45. The highest BCUT2D eigenvalue weighted by molar-refractivity contribution is 7.10. The van der Waals surface area contributed by atoms with Gasteiger partial charge in [0.2, 0.25) is 0 Å². The monoisotopic (exact) mass is 254 g/mol. The van der Waals surface area contributed by atoms with Crippen molar-refractivity contribution in [1.29, 1.82) is 0 Å². The third-order valence-electron chi connectivity index (χ3n) is 3.23. The van der Waals surface area contributed by atoms with E-state index in [4.69, 9.17) is 5.73 Å². The van der Waals surface area contributed by atoms with E-state index >= 15 is 0 Å². The van der Waals surface area contributed by atoms with Crippen LogP contribution in [0.2, 0.25) is 0 Å². The Morgan fingerprint density at radius 2 is 1.94 bits per heavy atom. The van der Waals surface area contributed by atoms with E-state index in [1.54, 1.807) is 11.3 Å². The quantitative estimate of drug-likeness (QED) is 0.758. The standard InChI is InChI=1S/C15H14N2S/c1-10-12(7-9-18-10)14(16)13-6-2-4-11-5-3-8-17-15(11)13/h2-9,14H,16H2,1H3. The van der Waals surface area contributed by atoms with Crippen LogP contribution in [-0.4, -0.2) is 4.98 Å². The summed E-state index contributed by atoms with van der Waals surface area (Å²) in [6.07, 6.45) is 1.82. The molecule has 0 saturated heterocycles. The minimum atomic E-state index is -0.102. The topological polar surface area (TPSA) is 38.9 Å². The number of hydrogen-bond acceptors (Lipinski definition) is 3. The molecule has 0 aliphatic heterocycles. The molecule has 2 aromatic heterocycles. The zero-order valence-electron chi connectivity index (χ0n) is 10.1. The Kier molecular flexibility index (Phi) is 2.86. The average Bonchev–Trinajstić information content (AvgIpc) is 2.83. The van der Waals surface area contributed by atoms with Crippen molar-refractivity contribution in [3.05, 3.63) is 64.0 Å². The number of aromatic nitrogens is 1.